The lowest BCUT2D eigenvalue weighted by atomic mass is 9.99. The van der Waals surface area contributed by atoms with E-state index in [1.54, 1.807) is 0 Å². The van der Waals surface area contributed by atoms with Crippen LogP contribution in [0.2, 0.25) is 18.1 Å². The summed E-state index contributed by atoms with van der Waals surface area (Å²) in [5, 5.41) is 29.7. The Kier molecular flexibility index (Phi) is 6.16. The number of rotatable bonds is 4. The summed E-state index contributed by atoms with van der Waals surface area (Å²) >= 11 is 0. The van der Waals surface area contributed by atoms with Crippen molar-refractivity contribution in [1.29, 1.82) is 0 Å². The summed E-state index contributed by atoms with van der Waals surface area (Å²) in [7, 11) is -2.05. The molecule has 0 aromatic carbocycles. The van der Waals surface area contributed by atoms with E-state index in [1.165, 1.54) is 6.92 Å². The molecule has 1 fully saturated rings. The number of carbonyl (C=O) groups is 1. The van der Waals surface area contributed by atoms with E-state index >= 15 is 0 Å². The molecular weight excluding hydrogens is 308 g/mol. The Labute approximate surface area is 132 Å². The van der Waals surface area contributed by atoms with Gasteiger partial charge in [-0.25, -0.2) is 0 Å². The van der Waals surface area contributed by atoms with Crippen LogP contribution in [-0.2, 0) is 18.7 Å². The minimum absolute atomic E-state index is 0.0139. The number of ether oxygens (including phenoxy) is 2. The molecule has 8 heteroatoms. The standard InChI is InChI=1S/C14H28O7Si/c1-8(15)20-12-10(16)9(21-13(18)11(12)17)7-19-22(5,6)14(2,3)4/h9-13,16-18H,7H2,1-6H3/t9-,10-,11-,12+,13-/m1/s1. The lowest BCUT2D eigenvalue weighted by Crippen LogP contribution is -2.60. The molecule has 0 aromatic rings. The maximum Gasteiger partial charge on any atom is 0.303 e. The van der Waals surface area contributed by atoms with Crippen LogP contribution in [0.4, 0.5) is 0 Å². The van der Waals surface area contributed by atoms with E-state index in [-0.39, 0.29) is 11.6 Å². The van der Waals surface area contributed by atoms with E-state index in [9.17, 15) is 20.1 Å². The molecule has 22 heavy (non-hydrogen) atoms. The first-order chi connectivity index (χ1) is 9.86. The van der Waals surface area contributed by atoms with Gasteiger partial charge in [-0.15, -0.1) is 0 Å². The maximum atomic E-state index is 11.1. The van der Waals surface area contributed by atoms with Crippen molar-refractivity contribution >= 4 is 14.3 Å². The van der Waals surface area contributed by atoms with Gasteiger partial charge in [-0.3, -0.25) is 4.79 Å². The lowest BCUT2D eigenvalue weighted by molar-refractivity contribution is -0.288. The fourth-order valence-electron chi connectivity index (χ4n) is 1.89. The summed E-state index contributed by atoms with van der Waals surface area (Å²) in [6.45, 7) is 11.6. The Morgan fingerprint density at radius 2 is 1.73 bits per heavy atom. The molecule has 1 saturated heterocycles. The minimum atomic E-state index is -2.05. The van der Waals surface area contributed by atoms with Gasteiger partial charge in [0.1, 0.15) is 18.3 Å². The van der Waals surface area contributed by atoms with Crippen molar-refractivity contribution in [2.24, 2.45) is 0 Å². The maximum absolute atomic E-state index is 11.1. The van der Waals surface area contributed by atoms with Crippen LogP contribution in [-0.4, -0.2) is 66.9 Å². The third-order valence-corrected chi connectivity index (χ3v) is 8.88. The van der Waals surface area contributed by atoms with Crippen molar-refractivity contribution in [3.63, 3.8) is 0 Å². The highest BCUT2D eigenvalue weighted by Crippen LogP contribution is 2.37. The first-order valence-electron chi connectivity index (χ1n) is 7.37. The second-order valence-electron chi connectivity index (χ2n) is 7.19. The van der Waals surface area contributed by atoms with Gasteiger partial charge >= 0.3 is 5.97 Å². The van der Waals surface area contributed by atoms with E-state index in [2.05, 4.69) is 33.9 Å². The molecule has 1 rings (SSSR count). The molecule has 1 aliphatic rings. The molecule has 0 aliphatic carbocycles. The van der Waals surface area contributed by atoms with Crippen molar-refractivity contribution in [3.8, 4) is 0 Å². The minimum Gasteiger partial charge on any atom is -0.457 e. The second kappa shape index (κ2) is 6.94. The molecular formula is C14H28O7Si. The number of carbonyl (C=O) groups excluding carboxylic acids is 1. The first-order valence-corrected chi connectivity index (χ1v) is 10.3. The Balaban J connectivity index is 2.76. The summed E-state index contributed by atoms with van der Waals surface area (Å²) in [5.74, 6) is -0.652. The van der Waals surface area contributed by atoms with Crippen molar-refractivity contribution in [2.45, 2.75) is 76.5 Å². The average Bonchev–Trinajstić information content (AvgIpc) is 2.35. The van der Waals surface area contributed by atoms with Gasteiger partial charge in [0, 0.05) is 6.92 Å². The molecule has 130 valence electrons. The van der Waals surface area contributed by atoms with Gasteiger partial charge in [-0.2, -0.15) is 0 Å². The van der Waals surface area contributed by atoms with Crippen molar-refractivity contribution in [2.75, 3.05) is 6.61 Å². The topological polar surface area (TPSA) is 105 Å². The second-order valence-corrected chi connectivity index (χ2v) is 12.0. The average molecular weight is 336 g/mol. The summed E-state index contributed by atoms with van der Waals surface area (Å²) < 4.78 is 16.0. The Hall–Kier alpha value is -0.513. The van der Waals surface area contributed by atoms with Gasteiger partial charge in [0.2, 0.25) is 0 Å². The smallest absolute Gasteiger partial charge is 0.303 e. The zero-order chi connectivity index (χ0) is 17.3. The SMILES string of the molecule is CC(=O)O[C@@H]1[C@@H](O)[C@H](O)O[C@H](CO[Si](C)(C)C(C)(C)C)[C@H]1O. The molecule has 1 aliphatic heterocycles. The Bertz CT molecular complexity index is 393. The highest BCUT2D eigenvalue weighted by Gasteiger charge is 2.47. The van der Waals surface area contributed by atoms with Crippen LogP contribution in [0.1, 0.15) is 27.7 Å². The summed E-state index contributed by atoms with van der Waals surface area (Å²) in [4.78, 5) is 11.1. The van der Waals surface area contributed by atoms with Gasteiger partial charge in [0.05, 0.1) is 6.61 Å². The third kappa shape index (κ3) is 4.50. The first kappa shape index (κ1) is 19.5. The quantitative estimate of drug-likeness (QED) is 0.503. The van der Waals surface area contributed by atoms with Gasteiger partial charge in [-0.05, 0) is 18.1 Å². The van der Waals surface area contributed by atoms with Crippen LogP contribution in [0.5, 0.6) is 0 Å². The lowest BCUT2D eigenvalue weighted by Gasteiger charge is -2.42. The predicted molar refractivity (Wildman–Crippen MR) is 81.6 cm³/mol. The van der Waals surface area contributed by atoms with Crippen molar-refractivity contribution < 1.29 is 34.0 Å². The zero-order valence-electron chi connectivity index (χ0n) is 14.1. The number of aliphatic hydroxyl groups is 3. The van der Waals surface area contributed by atoms with E-state index in [1.807, 2.05) is 0 Å². The van der Waals surface area contributed by atoms with Crippen LogP contribution < -0.4 is 0 Å². The molecule has 0 bridgehead atoms. The fourth-order valence-corrected chi connectivity index (χ4v) is 2.91. The molecule has 0 saturated carbocycles. The van der Waals surface area contributed by atoms with Crippen LogP contribution >= 0.6 is 0 Å². The Morgan fingerprint density at radius 3 is 2.18 bits per heavy atom. The molecule has 0 amide bonds. The Morgan fingerprint density at radius 1 is 1.18 bits per heavy atom. The van der Waals surface area contributed by atoms with Crippen LogP contribution in [0, 0.1) is 0 Å². The van der Waals surface area contributed by atoms with Gasteiger partial charge < -0.3 is 29.2 Å². The highest BCUT2D eigenvalue weighted by atomic mass is 28.4. The number of esters is 1. The molecule has 5 atom stereocenters. The molecule has 0 unspecified atom stereocenters. The van der Waals surface area contributed by atoms with Crippen molar-refractivity contribution in [3.05, 3.63) is 0 Å². The van der Waals surface area contributed by atoms with Gasteiger partial charge in [0.25, 0.3) is 0 Å². The van der Waals surface area contributed by atoms with E-state index < -0.39 is 45.0 Å². The summed E-state index contributed by atoms with van der Waals surface area (Å²) in [5.41, 5.74) is 0. The largest absolute Gasteiger partial charge is 0.457 e. The molecule has 7 nitrogen and oxygen atoms in total. The highest BCUT2D eigenvalue weighted by molar-refractivity contribution is 6.74. The van der Waals surface area contributed by atoms with E-state index in [0.29, 0.717) is 0 Å². The predicted octanol–water partition coefficient (Wildman–Crippen LogP) is 0.379. The molecule has 0 radical (unpaired) electrons. The van der Waals surface area contributed by atoms with Gasteiger partial charge in [-0.1, -0.05) is 20.8 Å². The molecule has 0 spiro atoms. The fraction of sp³-hybridized carbons (Fsp3) is 0.929. The number of hydrogen-bond acceptors (Lipinski definition) is 7. The van der Waals surface area contributed by atoms with E-state index in [0.717, 1.165) is 0 Å². The van der Waals surface area contributed by atoms with Crippen LogP contribution in [0.15, 0.2) is 0 Å². The molecule has 3 N–H and O–H groups in total. The van der Waals surface area contributed by atoms with Gasteiger partial charge in [0.15, 0.2) is 20.7 Å². The monoisotopic (exact) mass is 336 g/mol. The van der Waals surface area contributed by atoms with Crippen LogP contribution in [0.3, 0.4) is 0 Å². The normalized spacial score (nSPS) is 33.6. The number of hydrogen-bond donors (Lipinski definition) is 3. The number of aliphatic hydroxyl groups excluding tert-OH is 3. The van der Waals surface area contributed by atoms with Crippen molar-refractivity contribution in [1.82, 2.24) is 0 Å². The summed E-state index contributed by atoms with van der Waals surface area (Å²) in [6.07, 6.45) is -6.43. The van der Waals surface area contributed by atoms with Crippen LogP contribution in [0.25, 0.3) is 0 Å². The molecule has 0 aromatic heterocycles. The molecule has 1 heterocycles. The summed E-state index contributed by atoms with van der Waals surface area (Å²) in [6, 6.07) is 0. The van der Waals surface area contributed by atoms with E-state index in [4.69, 9.17) is 13.9 Å². The third-order valence-electron chi connectivity index (χ3n) is 4.38. The zero-order valence-corrected chi connectivity index (χ0v) is 15.1.